The number of nitrogens with zero attached hydrogens (tertiary/aromatic N) is 4. The first kappa shape index (κ1) is 10.2. The van der Waals surface area contributed by atoms with Crippen LogP contribution in [0.15, 0.2) is 10.9 Å². The second-order valence-electron chi connectivity index (χ2n) is 4.77. The van der Waals surface area contributed by atoms with Crippen molar-refractivity contribution in [1.82, 2.24) is 19.9 Å². The lowest BCUT2D eigenvalue weighted by Crippen LogP contribution is -2.36. The first-order valence-electron chi connectivity index (χ1n) is 6.13. The van der Waals surface area contributed by atoms with Crippen molar-refractivity contribution in [2.75, 3.05) is 26.2 Å². The van der Waals surface area contributed by atoms with Crippen molar-refractivity contribution in [3.05, 3.63) is 12.2 Å². The summed E-state index contributed by atoms with van der Waals surface area (Å²) < 4.78 is 4.78. The van der Waals surface area contributed by atoms with Gasteiger partial charge in [0.2, 0.25) is 6.39 Å². The molecule has 0 N–H and O–H groups in total. The van der Waals surface area contributed by atoms with Crippen LogP contribution in [0, 0.1) is 0 Å². The van der Waals surface area contributed by atoms with E-state index in [0.717, 1.165) is 31.5 Å². The van der Waals surface area contributed by atoms with Crippen LogP contribution in [0.3, 0.4) is 0 Å². The zero-order valence-electron chi connectivity index (χ0n) is 9.51. The van der Waals surface area contributed by atoms with Gasteiger partial charge in [0.05, 0.1) is 6.54 Å². The third kappa shape index (κ3) is 2.10. The second-order valence-corrected chi connectivity index (χ2v) is 4.77. The van der Waals surface area contributed by atoms with Gasteiger partial charge < -0.3 is 4.52 Å². The van der Waals surface area contributed by atoms with Crippen LogP contribution >= 0.6 is 0 Å². The highest BCUT2D eigenvalue weighted by molar-refractivity contribution is 4.87. The molecule has 16 heavy (non-hydrogen) atoms. The number of fused-ring (bicyclic) bond motifs is 1. The van der Waals surface area contributed by atoms with Gasteiger partial charge in [0, 0.05) is 12.6 Å². The van der Waals surface area contributed by atoms with E-state index in [1.165, 1.54) is 38.7 Å². The minimum absolute atomic E-state index is 0.759. The highest BCUT2D eigenvalue weighted by Crippen LogP contribution is 2.21. The van der Waals surface area contributed by atoms with Crippen LogP contribution in [0.4, 0.5) is 0 Å². The molecule has 1 unspecified atom stereocenters. The van der Waals surface area contributed by atoms with Crippen LogP contribution in [0.5, 0.6) is 0 Å². The SMILES string of the molecule is c1nc(CN2CCCN3CCCC3C2)no1. The van der Waals surface area contributed by atoms with E-state index in [9.17, 15) is 0 Å². The molecular weight excluding hydrogens is 204 g/mol. The molecule has 2 aliphatic heterocycles. The summed E-state index contributed by atoms with van der Waals surface area (Å²) >= 11 is 0. The molecule has 0 spiro atoms. The van der Waals surface area contributed by atoms with Crippen molar-refractivity contribution < 1.29 is 4.52 Å². The molecule has 2 aliphatic rings. The number of rotatable bonds is 2. The van der Waals surface area contributed by atoms with E-state index < -0.39 is 0 Å². The molecule has 0 amide bonds. The van der Waals surface area contributed by atoms with Gasteiger partial charge in [0.1, 0.15) is 0 Å². The van der Waals surface area contributed by atoms with E-state index in [4.69, 9.17) is 4.52 Å². The van der Waals surface area contributed by atoms with Crippen molar-refractivity contribution in [2.24, 2.45) is 0 Å². The fraction of sp³-hybridized carbons (Fsp3) is 0.818. The molecule has 2 saturated heterocycles. The molecule has 0 bridgehead atoms. The fourth-order valence-corrected chi connectivity index (χ4v) is 2.89. The smallest absolute Gasteiger partial charge is 0.213 e. The maximum Gasteiger partial charge on any atom is 0.213 e. The Balaban J connectivity index is 1.63. The second kappa shape index (κ2) is 4.51. The van der Waals surface area contributed by atoms with E-state index >= 15 is 0 Å². The lowest BCUT2D eigenvalue weighted by atomic mass is 10.2. The minimum atomic E-state index is 0.759. The zero-order valence-corrected chi connectivity index (χ0v) is 9.51. The zero-order chi connectivity index (χ0) is 10.8. The van der Waals surface area contributed by atoms with Crippen molar-refractivity contribution in [3.8, 4) is 0 Å². The van der Waals surface area contributed by atoms with Crippen LogP contribution in [0.25, 0.3) is 0 Å². The lowest BCUT2D eigenvalue weighted by Gasteiger charge is -2.24. The van der Waals surface area contributed by atoms with Crippen LogP contribution in [-0.2, 0) is 6.54 Å². The largest absolute Gasteiger partial charge is 0.343 e. The van der Waals surface area contributed by atoms with Gasteiger partial charge in [-0.15, -0.1) is 0 Å². The Morgan fingerprint density at radius 1 is 1.31 bits per heavy atom. The molecule has 0 aliphatic carbocycles. The summed E-state index contributed by atoms with van der Waals surface area (Å²) in [5, 5.41) is 3.89. The normalized spacial score (nSPS) is 27.9. The highest BCUT2D eigenvalue weighted by Gasteiger charge is 2.28. The van der Waals surface area contributed by atoms with Gasteiger partial charge in [0.25, 0.3) is 0 Å². The van der Waals surface area contributed by atoms with Crippen LogP contribution in [0.1, 0.15) is 25.1 Å². The minimum Gasteiger partial charge on any atom is -0.343 e. The molecule has 88 valence electrons. The predicted octanol–water partition coefficient (Wildman–Crippen LogP) is 0.740. The fourth-order valence-electron chi connectivity index (χ4n) is 2.89. The first-order valence-corrected chi connectivity index (χ1v) is 6.13. The molecule has 0 aromatic carbocycles. The highest BCUT2D eigenvalue weighted by atomic mass is 16.5. The predicted molar refractivity (Wildman–Crippen MR) is 58.8 cm³/mol. The Kier molecular flexibility index (Phi) is 2.88. The van der Waals surface area contributed by atoms with Crippen molar-refractivity contribution >= 4 is 0 Å². The molecular formula is C11H18N4O. The van der Waals surface area contributed by atoms with E-state index in [-0.39, 0.29) is 0 Å². The monoisotopic (exact) mass is 222 g/mol. The molecule has 1 aromatic rings. The summed E-state index contributed by atoms with van der Waals surface area (Å²) in [4.78, 5) is 9.19. The third-order valence-electron chi connectivity index (χ3n) is 3.66. The molecule has 3 heterocycles. The number of aromatic nitrogens is 2. The number of hydrogen-bond donors (Lipinski definition) is 0. The Bertz CT molecular complexity index is 327. The van der Waals surface area contributed by atoms with E-state index in [1.807, 2.05) is 0 Å². The van der Waals surface area contributed by atoms with E-state index in [1.54, 1.807) is 0 Å². The van der Waals surface area contributed by atoms with Gasteiger partial charge >= 0.3 is 0 Å². The maximum atomic E-state index is 4.78. The number of hydrogen-bond acceptors (Lipinski definition) is 5. The van der Waals surface area contributed by atoms with Crippen LogP contribution in [0.2, 0.25) is 0 Å². The van der Waals surface area contributed by atoms with Gasteiger partial charge in [-0.1, -0.05) is 5.16 Å². The standard InChI is InChI=1S/C11H18N4O/c1-3-10-7-14(4-2-6-15(10)5-1)8-11-12-9-16-13-11/h9-10H,1-8H2. The summed E-state index contributed by atoms with van der Waals surface area (Å²) in [6.45, 7) is 5.70. The molecule has 2 fully saturated rings. The molecule has 5 heteroatoms. The maximum absolute atomic E-state index is 4.78. The van der Waals surface area contributed by atoms with Crippen LogP contribution < -0.4 is 0 Å². The Morgan fingerprint density at radius 2 is 2.25 bits per heavy atom. The summed E-state index contributed by atoms with van der Waals surface area (Å²) in [6, 6.07) is 0.759. The van der Waals surface area contributed by atoms with Crippen LogP contribution in [-0.4, -0.2) is 52.2 Å². The lowest BCUT2D eigenvalue weighted by molar-refractivity contribution is 0.210. The quantitative estimate of drug-likeness (QED) is 0.738. The summed E-state index contributed by atoms with van der Waals surface area (Å²) in [7, 11) is 0. The molecule has 5 nitrogen and oxygen atoms in total. The molecule has 3 rings (SSSR count). The Hall–Kier alpha value is -0.940. The average molecular weight is 222 g/mol. The van der Waals surface area contributed by atoms with Crippen molar-refractivity contribution in [1.29, 1.82) is 0 Å². The average Bonchev–Trinajstić information content (AvgIpc) is 2.88. The molecule has 1 atom stereocenters. The summed E-state index contributed by atoms with van der Waals surface area (Å²) in [5.74, 6) is 0.812. The van der Waals surface area contributed by atoms with Crippen molar-refractivity contribution in [2.45, 2.75) is 31.8 Å². The van der Waals surface area contributed by atoms with E-state index in [0.29, 0.717) is 0 Å². The van der Waals surface area contributed by atoms with Gasteiger partial charge in [0.15, 0.2) is 5.82 Å². The van der Waals surface area contributed by atoms with Crippen molar-refractivity contribution in [3.63, 3.8) is 0 Å². The van der Waals surface area contributed by atoms with E-state index in [2.05, 4.69) is 19.9 Å². The molecule has 1 aromatic heterocycles. The van der Waals surface area contributed by atoms with Gasteiger partial charge in [-0.3, -0.25) is 9.80 Å². The topological polar surface area (TPSA) is 45.4 Å². The first-order chi connectivity index (χ1) is 7.92. The van der Waals surface area contributed by atoms with Gasteiger partial charge in [-0.05, 0) is 38.9 Å². The summed E-state index contributed by atoms with van der Waals surface area (Å²) in [5.41, 5.74) is 0. The van der Waals surface area contributed by atoms with Gasteiger partial charge in [-0.2, -0.15) is 4.98 Å². The van der Waals surface area contributed by atoms with Gasteiger partial charge in [-0.25, -0.2) is 0 Å². The Morgan fingerprint density at radius 3 is 3.12 bits per heavy atom. The molecule has 0 saturated carbocycles. The Labute approximate surface area is 95.4 Å². The third-order valence-corrected chi connectivity index (χ3v) is 3.66. The summed E-state index contributed by atoms with van der Waals surface area (Å²) in [6.07, 6.45) is 5.38. The molecule has 0 radical (unpaired) electrons.